The molecular weight excluding hydrogens is 231 g/mol. The maximum absolute atomic E-state index is 12.4. The van der Waals surface area contributed by atoms with Gasteiger partial charge in [-0.15, -0.1) is 0 Å². The Labute approximate surface area is 98.3 Å². The van der Waals surface area contributed by atoms with Crippen LogP contribution in [0.15, 0.2) is 24.3 Å². The van der Waals surface area contributed by atoms with E-state index in [9.17, 15) is 13.2 Å². The zero-order valence-electron chi connectivity index (χ0n) is 9.54. The van der Waals surface area contributed by atoms with Crippen LogP contribution < -0.4 is 5.73 Å². The van der Waals surface area contributed by atoms with Gasteiger partial charge in [0.05, 0.1) is 5.56 Å². The fraction of sp³-hybridized carbons (Fsp3) is 0.500. The third-order valence-electron chi connectivity index (χ3n) is 2.74. The molecule has 0 heterocycles. The normalized spacial score (nSPS) is 15.6. The zero-order valence-corrected chi connectivity index (χ0v) is 9.54. The molecule has 0 aliphatic rings. The Balaban J connectivity index is 2.92. The van der Waals surface area contributed by atoms with Crippen LogP contribution in [0, 0.1) is 0 Å². The van der Waals surface area contributed by atoms with E-state index in [0.29, 0.717) is 6.42 Å². The number of aliphatic hydroxyl groups is 1. The van der Waals surface area contributed by atoms with E-state index >= 15 is 0 Å². The van der Waals surface area contributed by atoms with E-state index < -0.39 is 11.7 Å². The Bertz CT molecular complexity index is 346. The van der Waals surface area contributed by atoms with Crippen molar-refractivity contribution in [2.24, 2.45) is 5.73 Å². The average molecular weight is 247 g/mol. The fourth-order valence-corrected chi connectivity index (χ4v) is 1.79. The predicted molar refractivity (Wildman–Crippen MR) is 59.5 cm³/mol. The summed E-state index contributed by atoms with van der Waals surface area (Å²) in [5.41, 5.74) is 5.80. The van der Waals surface area contributed by atoms with Gasteiger partial charge in [-0.2, -0.15) is 13.2 Å². The highest BCUT2D eigenvalue weighted by molar-refractivity contribution is 5.28. The van der Waals surface area contributed by atoms with Gasteiger partial charge in [-0.1, -0.05) is 12.1 Å². The quantitative estimate of drug-likeness (QED) is 0.858. The van der Waals surface area contributed by atoms with Crippen molar-refractivity contribution in [2.45, 2.75) is 31.5 Å². The van der Waals surface area contributed by atoms with E-state index in [1.807, 2.05) is 0 Å². The van der Waals surface area contributed by atoms with Gasteiger partial charge in [-0.3, -0.25) is 0 Å². The van der Waals surface area contributed by atoms with Crippen LogP contribution in [0.25, 0.3) is 0 Å². The molecule has 96 valence electrons. The van der Waals surface area contributed by atoms with Crippen LogP contribution in [0.1, 0.15) is 30.4 Å². The van der Waals surface area contributed by atoms with Gasteiger partial charge in [-0.05, 0) is 31.0 Å². The van der Waals surface area contributed by atoms with Crippen molar-refractivity contribution in [3.8, 4) is 0 Å². The topological polar surface area (TPSA) is 46.2 Å². The zero-order chi connectivity index (χ0) is 13.1. The van der Waals surface area contributed by atoms with Gasteiger partial charge in [0.15, 0.2) is 0 Å². The lowest BCUT2D eigenvalue weighted by atomic mass is 9.89. The first-order valence-corrected chi connectivity index (χ1v) is 5.40. The molecule has 0 bridgehead atoms. The van der Waals surface area contributed by atoms with E-state index in [0.717, 1.165) is 17.7 Å². The molecule has 1 aromatic rings. The molecule has 0 aliphatic carbocycles. The molecule has 0 radical (unpaired) electrons. The highest BCUT2D eigenvalue weighted by Crippen LogP contribution is 2.31. The van der Waals surface area contributed by atoms with Gasteiger partial charge in [0.2, 0.25) is 0 Å². The predicted octanol–water partition coefficient (Wildman–Crippen LogP) is 2.52. The number of hydrogen-bond donors (Lipinski definition) is 2. The summed E-state index contributed by atoms with van der Waals surface area (Å²) in [6, 6.07) is 4.72. The van der Waals surface area contributed by atoms with Gasteiger partial charge in [0, 0.05) is 18.6 Å². The minimum Gasteiger partial charge on any atom is -0.396 e. The molecule has 0 aromatic heterocycles. The molecule has 1 aromatic carbocycles. The lowest BCUT2D eigenvalue weighted by molar-refractivity contribution is -0.137. The van der Waals surface area contributed by atoms with Gasteiger partial charge < -0.3 is 10.8 Å². The summed E-state index contributed by atoms with van der Waals surface area (Å²) in [6.45, 7) is 1.74. The summed E-state index contributed by atoms with van der Waals surface area (Å²) in [6.07, 6.45) is -3.87. The molecule has 0 saturated heterocycles. The summed E-state index contributed by atoms with van der Waals surface area (Å²) in [5, 5.41) is 8.90. The van der Waals surface area contributed by atoms with E-state index in [1.54, 1.807) is 6.92 Å². The van der Waals surface area contributed by atoms with Crippen LogP contribution in [-0.4, -0.2) is 17.8 Å². The number of benzene rings is 1. The third kappa shape index (κ3) is 3.71. The second kappa shape index (κ2) is 5.51. The van der Waals surface area contributed by atoms with Crippen LogP contribution in [0.3, 0.4) is 0 Å². The average Bonchev–Trinajstić information content (AvgIpc) is 2.24. The lowest BCUT2D eigenvalue weighted by Crippen LogP contribution is -2.25. The SMILES string of the molecule is CC(N)C(CCO)c1ccc(C(F)(F)F)cc1. The molecule has 0 amide bonds. The summed E-state index contributed by atoms with van der Waals surface area (Å²) < 4.78 is 37.1. The van der Waals surface area contributed by atoms with Crippen LogP contribution >= 0.6 is 0 Å². The molecule has 2 atom stereocenters. The van der Waals surface area contributed by atoms with Crippen molar-refractivity contribution in [3.05, 3.63) is 35.4 Å². The molecule has 1 rings (SSSR count). The molecule has 0 spiro atoms. The monoisotopic (exact) mass is 247 g/mol. The molecule has 3 N–H and O–H groups in total. The van der Waals surface area contributed by atoms with Crippen molar-refractivity contribution >= 4 is 0 Å². The molecule has 17 heavy (non-hydrogen) atoms. The lowest BCUT2D eigenvalue weighted by Gasteiger charge is -2.20. The first-order chi connectivity index (χ1) is 7.86. The van der Waals surface area contributed by atoms with Crippen LogP contribution in [0.5, 0.6) is 0 Å². The maximum atomic E-state index is 12.4. The van der Waals surface area contributed by atoms with E-state index in [-0.39, 0.29) is 18.6 Å². The largest absolute Gasteiger partial charge is 0.416 e. The smallest absolute Gasteiger partial charge is 0.396 e. The molecule has 2 nitrogen and oxygen atoms in total. The second-order valence-corrected chi connectivity index (χ2v) is 4.10. The number of nitrogens with two attached hydrogens (primary N) is 1. The van der Waals surface area contributed by atoms with Crippen LogP contribution in [0.4, 0.5) is 13.2 Å². The molecule has 0 fully saturated rings. The van der Waals surface area contributed by atoms with Crippen LogP contribution in [0.2, 0.25) is 0 Å². The van der Waals surface area contributed by atoms with Crippen LogP contribution in [-0.2, 0) is 6.18 Å². The molecule has 5 heteroatoms. The second-order valence-electron chi connectivity index (χ2n) is 4.10. The van der Waals surface area contributed by atoms with E-state index in [1.165, 1.54) is 12.1 Å². The Morgan fingerprint density at radius 3 is 2.12 bits per heavy atom. The molecular formula is C12H16F3NO. The highest BCUT2D eigenvalue weighted by atomic mass is 19.4. The van der Waals surface area contributed by atoms with Crippen molar-refractivity contribution in [1.82, 2.24) is 0 Å². The van der Waals surface area contributed by atoms with Crippen molar-refractivity contribution < 1.29 is 18.3 Å². The van der Waals surface area contributed by atoms with Gasteiger partial charge in [0.25, 0.3) is 0 Å². The van der Waals surface area contributed by atoms with Gasteiger partial charge in [0.1, 0.15) is 0 Å². The van der Waals surface area contributed by atoms with Crippen molar-refractivity contribution in [3.63, 3.8) is 0 Å². The van der Waals surface area contributed by atoms with Crippen molar-refractivity contribution in [2.75, 3.05) is 6.61 Å². The van der Waals surface area contributed by atoms with Crippen molar-refractivity contribution in [1.29, 1.82) is 0 Å². The molecule has 2 unspecified atom stereocenters. The van der Waals surface area contributed by atoms with E-state index in [2.05, 4.69) is 0 Å². The number of halogens is 3. The summed E-state index contributed by atoms with van der Waals surface area (Å²) in [4.78, 5) is 0. The standard InChI is InChI=1S/C12H16F3NO/c1-8(16)11(6-7-17)9-2-4-10(5-3-9)12(13,14)15/h2-5,8,11,17H,6-7,16H2,1H3. The van der Waals surface area contributed by atoms with E-state index in [4.69, 9.17) is 10.8 Å². The molecule has 0 aliphatic heterocycles. The van der Waals surface area contributed by atoms with Gasteiger partial charge in [-0.25, -0.2) is 0 Å². The minimum absolute atomic E-state index is 0.0345. The Morgan fingerprint density at radius 1 is 1.24 bits per heavy atom. The number of rotatable bonds is 4. The number of hydrogen-bond acceptors (Lipinski definition) is 2. The Morgan fingerprint density at radius 2 is 1.76 bits per heavy atom. The summed E-state index contributed by atoms with van der Waals surface area (Å²) in [5.74, 6) is -0.123. The first-order valence-electron chi connectivity index (χ1n) is 5.40. The number of aliphatic hydroxyl groups excluding tert-OH is 1. The Kier molecular flexibility index (Phi) is 4.54. The molecule has 0 saturated carbocycles. The first kappa shape index (κ1) is 14.0. The van der Waals surface area contributed by atoms with Gasteiger partial charge >= 0.3 is 6.18 Å². The number of alkyl halides is 3. The Hall–Kier alpha value is -1.07. The highest BCUT2D eigenvalue weighted by Gasteiger charge is 2.30. The minimum atomic E-state index is -4.32. The summed E-state index contributed by atoms with van der Waals surface area (Å²) >= 11 is 0. The fourth-order valence-electron chi connectivity index (χ4n) is 1.79. The third-order valence-corrected chi connectivity index (χ3v) is 2.74. The summed E-state index contributed by atoms with van der Waals surface area (Å²) in [7, 11) is 0. The maximum Gasteiger partial charge on any atom is 0.416 e.